The van der Waals surface area contributed by atoms with Crippen LogP contribution in [0.2, 0.25) is 5.02 Å². The number of amides is 1. The van der Waals surface area contributed by atoms with Gasteiger partial charge in [-0.1, -0.05) is 29.8 Å². The SMILES string of the molecule is O=C(NC[C@@H](c1cccc(Cl)c1)N1CCCC1)c1cccc2[nH]ccc12. The second kappa shape index (κ2) is 7.52. The maximum atomic E-state index is 12.8. The van der Waals surface area contributed by atoms with Crippen LogP contribution < -0.4 is 5.32 Å². The maximum Gasteiger partial charge on any atom is 0.252 e. The van der Waals surface area contributed by atoms with Gasteiger partial charge in [0.2, 0.25) is 0 Å². The number of aromatic amines is 1. The van der Waals surface area contributed by atoms with Gasteiger partial charge in [0.05, 0.1) is 6.04 Å². The lowest BCUT2D eigenvalue weighted by Gasteiger charge is -2.28. The van der Waals surface area contributed by atoms with E-state index in [9.17, 15) is 4.79 Å². The Morgan fingerprint density at radius 1 is 1.15 bits per heavy atom. The molecule has 1 amide bonds. The first-order valence-corrected chi connectivity index (χ1v) is 9.44. The molecule has 0 aliphatic carbocycles. The number of benzene rings is 2. The van der Waals surface area contributed by atoms with E-state index in [0.717, 1.165) is 34.6 Å². The number of nitrogens with one attached hydrogen (secondary N) is 2. The third-order valence-corrected chi connectivity index (χ3v) is 5.35. The molecular weight excluding hydrogens is 346 g/mol. The lowest BCUT2D eigenvalue weighted by atomic mass is 10.0. The Hall–Kier alpha value is -2.30. The van der Waals surface area contributed by atoms with E-state index >= 15 is 0 Å². The molecular formula is C21H22ClN3O. The van der Waals surface area contributed by atoms with Crippen LogP contribution in [0.3, 0.4) is 0 Å². The molecule has 1 aromatic heterocycles. The van der Waals surface area contributed by atoms with E-state index in [2.05, 4.69) is 21.3 Å². The summed E-state index contributed by atoms with van der Waals surface area (Å²) >= 11 is 6.20. The van der Waals surface area contributed by atoms with Crippen molar-refractivity contribution in [1.29, 1.82) is 0 Å². The monoisotopic (exact) mass is 367 g/mol. The number of rotatable bonds is 5. The molecule has 2 aromatic carbocycles. The molecule has 1 saturated heterocycles. The Morgan fingerprint density at radius 3 is 2.77 bits per heavy atom. The van der Waals surface area contributed by atoms with Crippen LogP contribution in [-0.4, -0.2) is 35.4 Å². The Bertz CT molecular complexity index is 914. The first-order valence-electron chi connectivity index (χ1n) is 9.06. The maximum absolute atomic E-state index is 12.8. The van der Waals surface area contributed by atoms with E-state index in [0.29, 0.717) is 12.1 Å². The van der Waals surface area contributed by atoms with Crippen molar-refractivity contribution in [2.75, 3.05) is 19.6 Å². The second-order valence-corrected chi connectivity index (χ2v) is 7.20. The van der Waals surface area contributed by atoms with Gasteiger partial charge in [0.1, 0.15) is 0 Å². The molecule has 1 atom stereocenters. The lowest BCUT2D eigenvalue weighted by molar-refractivity contribution is 0.0939. The molecule has 1 aliphatic heterocycles. The predicted molar refractivity (Wildman–Crippen MR) is 106 cm³/mol. The van der Waals surface area contributed by atoms with Crippen LogP contribution in [0.1, 0.15) is 34.8 Å². The van der Waals surface area contributed by atoms with Gasteiger partial charge in [-0.3, -0.25) is 9.69 Å². The molecule has 2 heterocycles. The molecule has 4 nitrogen and oxygen atoms in total. The quantitative estimate of drug-likeness (QED) is 0.702. The van der Waals surface area contributed by atoms with Crippen LogP contribution in [0.15, 0.2) is 54.7 Å². The molecule has 0 bridgehead atoms. The van der Waals surface area contributed by atoms with Gasteiger partial charge >= 0.3 is 0 Å². The number of hydrogen-bond acceptors (Lipinski definition) is 2. The molecule has 134 valence electrons. The first-order chi connectivity index (χ1) is 12.7. The highest BCUT2D eigenvalue weighted by Crippen LogP contribution is 2.27. The van der Waals surface area contributed by atoms with E-state index in [1.54, 1.807) is 0 Å². The van der Waals surface area contributed by atoms with E-state index in [-0.39, 0.29) is 11.9 Å². The molecule has 1 aliphatic rings. The highest BCUT2D eigenvalue weighted by molar-refractivity contribution is 6.30. The smallest absolute Gasteiger partial charge is 0.252 e. The minimum Gasteiger partial charge on any atom is -0.361 e. The van der Waals surface area contributed by atoms with Gasteiger partial charge in [-0.25, -0.2) is 0 Å². The standard InChI is InChI=1S/C21H22ClN3O/c22-16-6-3-5-15(13-16)20(25-11-1-2-12-25)14-24-21(26)18-7-4-8-19-17(18)9-10-23-19/h3-10,13,20,23H,1-2,11-12,14H2,(H,24,26)/t20-/m0/s1. The van der Waals surface area contributed by atoms with Gasteiger partial charge in [0.15, 0.2) is 0 Å². The third-order valence-electron chi connectivity index (χ3n) is 5.11. The van der Waals surface area contributed by atoms with Gasteiger partial charge in [-0.2, -0.15) is 0 Å². The number of hydrogen-bond donors (Lipinski definition) is 2. The Morgan fingerprint density at radius 2 is 1.96 bits per heavy atom. The average molecular weight is 368 g/mol. The van der Waals surface area contributed by atoms with Gasteiger partial charge in [-0.15, -0.1) is 0 Å². The normalized spacial score (nSPS) is 16.0. The summed E-state index contributed by atoms with van der Waals surface area (Å²) in [5, 5.41) is 4.82. The fraction of sp³-hybridized carbons (Fsp3) is 0.286. The number of H-pyrrole nitrogens is 1. The molecule has 0 spiro atoms. The van der Waals surface area contributed by atoms with Crippen molar-refractivity contribution < 1.29 is 4.79 Å². The second-order valence-electron chi connectivity index (χ2n) is 6.77. The summed E-state index contributed by atoms with van der Waals surface area (Å²) in [6, 6.07) is 15.8. The first kappa shape index (κ1) is 17.1. The van der Waals surface area contributed by atoms with Crippen molar-refractivity contribution in [3.8, 4) is 0 Å². The molecule has 0 unspecified atom stereocenters. The summed E-state index contributed by atoms with van der Waals surface area (Å²) in [5.41, 5.74) is 2.83. The molecule has 2 N–H and O–H groups in total. The van der Waals surface area contributed by atoms with Crippen LogP contribution >= 0.6 is 11.6 Å². The van der Waals surface area contributed by atoms with E-state index in [4.69, 9.17) is 11.6 Å². The minimum absolute atomic E-state index is 0.0403. The Balaban J connectivity index is 1.54. The minimum atomic E-state index is -0.0403. The number of carbonyl (C=O) groups excluding carboxylic acids is 1. The number of nitrogens with zero attached hydrogens (tertiary/aromatic N) is 1. The zero-order valence-electron chi connectivity index (χ0n) is 14.5. The number of halogens is 1. The van der Waals surface area contributed by atoms with Crippen LogP contribution in [0, 0.1) is 0 Å². The summed E-state index contributed by atoms with van der Waals surface area (Å²) in [6.45, 7) is 2.68. The van der Waals surface area contributed by atoms with Gasteiger partial charge in [-0.05, 0) is 61.8 Å². The number of carbonyl (C=O) groups is 1. The van der Waals surface area contributed by atoms with E-state index in [1.807, 2.05) is 48.7 Å². The predicted octanol–water partition coefficient (Wildman–Crippen LogP) is 4.39. The summed E-state index contributed by atoms with van der Waals surface area (Å²) in [7, 11) is 0. The van der Waals surface area contributed by atoms with Gasteiger partial charge in [0, 0.05) is 34.2 Å². The molecule has 3 aromatic rings. The highest BCUT2D eigenvalue weighted by Gasteiger charge is 2.24. The zero-order chi connectivity index (χ0) is 17.9. The number of likely N-dealkylation sites (tertiary alicyclic amines) is 1. The molecule has 26 heavy (non-hydrogen) atoms. The fourth-order valence-corrected chi connectivity index (χ4v) is 3.99. The van der Waals surface area contributed by atoms with Crippen LogP contribution in [0.5, 0.6) is 0 Å². The lowest BCUT2D eigenvalue weighted by Crippen LogP contribution is -2.36. The van der Waals surface area contributed by atoms with Crippen LogP contribution in [-0.2, 0) is 0 Å². The van der Waals surface area contributed by atoms with Crippen molar-refractivity contribution in [2.24, 2.45) is 0 Å². The zero-order valence-corrected chi connectivity index (χ0v) is 15.3. The average Bonchev–Trinajstić information content (AvgIpc) is 3.33. The summed E-state index contributed by atoms with van der Waals surface area (Å²) in [6.07, 6.45) is 4.27. The van der Waals surface area contributed by atoms with Crippen molar-refractivity contribution in [3.05, 3.63) is 70.9 Å². The topological polar surface area (TPSA) is 48.1 Å². The Kier molecular flexibility index (Phi) is 4.96. The molecule has 5 heteroatoms. The van der Waals surface area contributed by atoms with Crippen molar-refractivity contribution in [2.45, 2.75) is 18.9 Å². The van der Waals surface area contributed by atoms with Crippen LogP contribution in [0.4, 0.5) is 0 Å². The fourth-order valence-electron chi connectivity index (χ4n) is 3.79. The molecule has 0 saturated carbocycles. The Labute approximate surface area is 158 Å². The number of aromatic nitrogens is 1. The van der Waals surface area contributed by atoms with Crippen molar-refractivity contribution in [3.63, 3.8) is 0 Å². The molecule has 0 radical (unpaired) electrons. The van der Waals surface area contributed by atoms with Gasteiger partial charge in [0.25, 0.3) is 5.91 Å². The van der Waals surface area contributed by atoms with Crippen molar-refractivity contribution in [1.82, 2.24) is 15.2 Å². The molecule has 1 fully saturated rings. The summed E-state index contributed by atoms with van der Waals surface area (Å²) in [4.78, 5) is 18.4. The van der Waals surface area contributed by atoms with Crippen molar-refractivity contribution >= 4 is 28.4 Å². The summed E-state index contributed by atoms with van der Waals surface area (Å²) in [5.74, 6) is -0.0403. The summed E-state index contributed by atoms with van der Waals surface area (Å²) < 4.78 is 0. The number of fused-ring (bicyclic) bond motifs is 1. The molecule has 4 rings (SSSR count). The third kappa shape index (κ3) is 3.48. The van der Waals surface area contributed by atoms with E-state index in [1.165, 1.54) is 12.8 Å². The van der Waals surface area contributed by atoms with E-state index < -0.39 is 0 Å². The largest absolute Gasteiger partial charge is 0.361 e. The van der Waals surface area contributed by atoms with Crippen LogP contribution in [0.25, 0.3) is 10.9 Å². The highest BCUT2D eigenvalue weighted by atomic mass is 35.5. The van der Waals surface area contributed by atoms with Gasteiger partial charge < -0.3 is 10.3 Å².